The topological polar surface area (TPSA) is 75.4 Å². The van der Waals surface area contributed by atoms with Gasteiger partial charge >= 0.3 is 0 Å². The van der Waals surface area contributed by atoms with Crippen LogP contribution in [-0.2, 0) is 17.1 Å². The molecule has 118 valence electrons. The Morgan fingerprint density at radius 2 is 2.00 bits per heavy atom. The summed E-state index contributed by atoms with van der Waals surface area (Å²) < 4.78 is 28.7. The molecule has 3 atom stereocenters. The van der Waals surface area contributed by atoms with Gasteiger partial charge in [0.25, 0.3) is 0 Å². The van der Waals surface area contributed by atoms with E-state index in [1.54, 1.807) is 17.5 Å². The predicted octanol–water partition coefficient (Wildman–Crippen LogP) is 1.12. The van der Waals surface area contributed by atoms with E-state index in [0.29, 0.717) is 6.54 Å². The van der Waals surface area contributed by atoms with Gasteiger partial charge in [-0.1, -0.05) is 12.8 Å². The summed E-state index contributed by atoms with van der Waals surface area (Å²) in [7, 11) is -1.79. The Morgan fingerprint density at radius 1 is 1.24 bits per heavy atom. The molecule has 0 bridgehead atoms. The van der Waals surface area contributed by atoms with Gasteiger partial charge in [0.1, 0.15) is 4.90 Å². The lowest BCUT2D eigenvalue weighted by Gasteiger charge is -2.36. The molecule has 1 aliphatic heterocycles. The molecule has 0 unspecified atom stereocenters. The number of aliphatic hydroxyl groups is 1. The van der Waals surface area contributed by atoms with Crippen molar-refractivity contribution in [3.8, 4) is 0 Å². The van der Waals surface area contributed by atoms with E-state index in [1.807, 2.05) is 0 Å². The first-order valence-corrected chi connectivity index (χ1v) is 9.13. The van der Waals surface area contributed by atoms with Crippen molar-refractivity contribution in [3.05, 3.63) is 12.4 Å². The molecule has 3 rings (SSSR count). The highest BCUT2D eigenvalue weighted by atomic mass is 32.2. The van der Waals surface area contributed by atoms with Crippen molar-refractivity contribution in [1.82, 2.24) is 14.1 Å². The second kappa shape index (κ2) is 5.70. The van der Waals surface area contributed by atoms with Crippen molar-refractivity contribution in [2.45, 2.75) is 55.6 Å². The minimum absolute atomic E-state index is 0.0643. The summed E-state index contributed by atoms with van der Waals surface area (Å²) in [6.07, 6.45) is 8.14. The molecule has 1 aromatic heterocycles. The van der Waals surface area contributed by atoms with Crippen molar-refractivity contribution < 1.29 is 13.5 Å². The van der Waals surface area contributed by atoms with Crippen molar-refractivity contribution in [1.29, 1.82) is 0 Å². The molecule has 6 nitrogen and oxygen atoms in total. The Morgan fingerprint density at radius 3 is 2.67 bits per heavy atom. The molecule has 0 aromatic carbocycles. The lowest BCUT2D eigenvalue weighted by Crippen LogP contribution is -2.45. The average molecular weight is 313 g/mol. The standard InChI is InChI=1S/C14H23N3O3S/c1-16-10-11(9-15-16)21(19,20)17-8-4-6-13(17)12-5-2-3-7-14(12)18/h9-10,12-14,18H,2-8H2,1H3/t12-,13+,14-/m0/s1. The Labute approximate surface area is 125 Å². The quantitative estimate of drug-likeness (QED) is 0.907. The van der Waals surface area contributed by atoms with Gasteiger partial charge in [-0.05, 0) is 25.7 Å². The number of aliphatic hydroxyl groups excluding tert-OH is 1. The Bertz CT molecular complexity index is 598. The van der Waals surface area contributed by atoms with Crippen LogP contribution in [0.15, 0.2) is 17.3 Å². The molecule has 7 heteroatoms. The van der Waals surface area contributed by atoms with Crippen LogP contribution in [-0.4, -0.2) is 46.3 Å². The van der Waals surface area contributed by atoms with Crippen LogP contribution in [0.3, 0.4) is 0 Å². The number of hydrogen-bond donors (Lipinski definition) is 1. The van der Waals surface area contributed by atoms with Gasteiger partial charge in [-0.2, -0.15) is 9.40 Å². The second-order valence-corrected chi connectivity index (χ2v) is 8.08. The number of nitrogens with zero attached hydrogens (tertiary/aromatic N) is 3. The maximum atomic E-state index is 12.8. The molecule has 0 spiro atoms. The normalized spacial score (nSPS) is 31.6. The van der Waals surface area contributed by atoms with Crippen LogP contribution in [0.5, 0.6) is 0 Å². The van der Waals surface area contributed by atoms with Gasteiger partial charge in [-0.15, -0.1) is 0 Å². The first-order valence-electron chi connectivity index (χ1n) is 7.69. The molecule has 0 radical (unpaired) electrons. The van der Waals surface area contributed by atoms with Gasteiger partial charge in [0, 0.05) is 31.7 Å². The Kier molecular flexibility index (Phi) is 4.07. The number of rotatable bonds is 3. The largest absolute Gasteiger partial charge is 0.393 e. The summed E-state index contributed by atoms with van der Waals surface area (Å²) in [5.41, 5.74) is 0. The fourth-order valence-corrected chi connectivity index (χ4v) is 5.47. The zero-order valence-electron chi connectivity index (χ0n) is 12.4. The summed E-state index contributed by atoms with van der Waals surface area (Å²) in [4.78, 5) is 0.252. The van der Waals surface area contributed by atoms with E-state index in [4.69, 9.17) is 0 Å². The average Bonchev–Trinajstić information content (AvgIpc) is 3.08. The summed E-state index contributed by atoms with van der Waals surface area (Å²) in [5, 5.41) is 14.2. The molecule has 1 saturated carbocycles. The van der Waals surface area contributed by atoms with E-state index in [1.165, 1.54) is 10.9 Å². The highest BCUT2D eigenvalue weighted by Gasteiger charge is 2.42. The third-order valence-electron chi connectivity index (χ3n) is 4.81. The lowest BCUT2D eigenvalue weighted by molar-refractivity contribution is 0.0386. The minimum atomic E-state index is -3.50. The molecular formula is C14H23N3O3S. The van der Waals surface area contributed by atoms with Crippen molar-refractivity contribution in [2.24, 2.45) is 13.0 Å². The van der Waals surface area contributed by atoms with Gasteiger partial charge in [0.2, 0.25) is 10.0 Å². The van der Waals surface area contributed by atoms with Crippen molar-refractivity contribution in [2.75, 3.05) is 6.54 Å². The van der Waals surface area contributed by atoms with Crippen LogP contribution < -0.4 is 0 Å². The molecule has 1 N–H and O–H groups in total. The number of sulfonamides is 1. The van der Waals surface area contributed by atoms with Gasteiger partial charge in [0.15, 0.2) is 0 Å². The highest BCUT2D eigenvalue weighted by Crippen LogP contribution is 2.37. The Balaban J connectivity index is 1.86. The van der Waals surface area contributed by atoms with Crippen molar-refractivity contribution in [3.63, 3.8) is 0 Å². The first-order chi connectivity index (χ1) is 10.00. The molecule has 0 amide bonds. The molecule has 2 aliphatic rings. The Hall–Kier alpha value is -0.920. The van der Waals surface area contributed by atoms with E-state index in [9.17, 15) is 13.5 Å². The van der Waals surface area contributed by atoms with E-state index < -0.39 is 10.0 Å². The van der Waals surface area contributed by atoms with Crippen LogP contribution in [0.4, 0.5) is 0 Å². The minimum Gasteiger partial charge on any atom is -0.393 e. The fourth-order valence-electron chi connectivity index (χ4n) is 3.75. The summed E-state index contributed by atoms with van der Waals surface area (Å²) in [6.45, 7) is 0.547. The zero-order valence-corrected chi connectivity index (χ0v) is 13.2. The molecular weight excluding hydrogens is 290 g/mol. The van der Waals surface area contributed by atoms with E-state index in [2.05, 4.69) is 5.10 Å². The van der Waals surface area contributed by atoms with E-state index in [0.717, 1.165) is 38.5 Å². The molecule has 1 aromatic rings. The summed E-state index contributed by atoms with van der Waals surface area (Å²) >= 11 is 0. The fraction of sp³-hybridized carbons (Fsp3) is 0.786. The van der Waals surface area contributed by atoms with Crippen LogP contribution >= 0.6 is 0 Å². The SMILES string of the molecule is Cn1cc(S(=O)(=O)N2CCC[C@@H]2[C@@H]2CCCC[C@@H]2O)cn1. The van der Waals surface area contributed by atoms with Crippen LogP contribution in [0.25, 0.3) is 0 Å². The van der Waals surface area contributed by atoms with Crippen LogP contribution in [0.2, 0.25) is 0 Å². The first kappa shape index (κ1) is 15.0. The predicted molar refractivity (Wildman–Crippen MR) is 78.1 cm³/mol. The molecule has 2 heterocycles. The summed E-state index contributed by atoms with van der Waals surface area (Å²) in [6, 6.07) is -0.0643. The zero-order chi connectivity index (χ0) is 15.0. The molecule has 1 aliphatic carbocycles. The lowest BCUT2D eigenvalue weighted by atomic mass is 9.81. The highest BCUT2D eigenvalue weighted by molar-refractivity contribution is 7.89. The van der Waals surface area contributed by atoms with E-state index in [-0.39, 0.29) is 23.0 Å². The number of aromatic nitrogens is 2. The second-order valence-electron chi connectivity index (χ2n) is 6.19. The number of hydrogen-bond acceptors (Lipinski definition) is 4. The monoisotopic (exact) mass is 313 g/mol. The van der Waals surface area contributed by atoms with Gasteiger partial charge in [0.05, 0.1) is 12.3 Å². The van der Waals surface area contributed by atoms with E-state index >= 15 is 0 Å². The maximum Gasteiger partial charge on any atom is 0.246 e. The molecule has 2 fully saturated rings. The van der Waals surface area contributed by atoms with Gasteiger partial charge in [-0.3, -0.25) is 4.68 Å². The third-order valence-corrected chi connectivity index (χ3v) is 6.69. The maximum absolute atomic E-state index is 12.8. The van der Waals surface area contributed by atoms with Gasteiger partial charge < -0.3 is 5.11 Å². The van der Waals surface area contributed by atoms with Crippen molar-refractivity contribution >= 4 is 10.0 Å². The molecule has 21 heavy (non-hydrogen) atoms. The smallest absolute Gasteiger partial charge is 0.246 e. The number of aryl methyl sites for hydroxylation is 1. The van der Waals surface area contributed by atoms with Crippen LogP contribution in [0, 0.1) is 5.92 Å². The summed E-state index contributed by atoms with van der Waals surface area (Å²) in [5.74, 6) is 0.0766. The van der Waals surface area contributed by atoms with Crippen LogP contribution in [0.1, 0.15) is 38.5 Å². The van der Waals surface area contributed by atoms with Gasteiger partial charge in [-0.25, -0.2) is 8.42 Å². The molecule has 1 saturated heterocycles. The third kappa shape index (κ3) is 2.74.